The minimum atomic E-state index is -0.267. The number of aryl methyl sites for hydroxylation is 1. The average Bonchev–Trinajstić information content (AvgIpc) is 3.18. The van der Waals surface area contributed by atoms with Crippen molar-refractivity contribution in [3.05, 3.63) is 36.2 Å². The lowest BCUT2D eigenvalue weighted by atomic mass is 10.1. The maximum atomic E-state index is 12.4. The van der Waals surface area contributed by atoms with E-state index in [1.54, 1.807) is 6.20 Å². The fourth-order valence-corrected chi connectivity index (χ4v) is 4.15. The minimum Gasteiger partial charge on any atom is -0.493 e. The summed E-state index contributed by atoms with van der Waals surface area (Å²) in [6.45, 7) is 5.05. The first-order chi connectivity index (χ1) is 15.5. The molecule has 1 aromatic carbocycles. The second-order valence-electron chi connectivity index (χ2n) is 8.65. The van der Waals surface area contributed by atoms with Crippen molar-refractivity contribution >= 4 is 17.8 Å². The summed E-state index contributed by atoms with van der Waals surface area (Å²) in [6.07, 6.45) is 5.77. The molecule has 2 aliphatic heterocycles. The number of carbonyl (C=O) groups is 2. The molecule has 3 amide bonds. The Bertz CT molecular complexity index is 982. The molecule has 32 heavy (non-hydrogen) atoms. The maximum absolute atomic E-state index is 12.4. The predicted octanol–water partition coefficient (Wildman–Crippen LogP) is 2.18. The summed E-state index contributed by atoms with van der Waals surface area (Å²) in [5.41, 5.74) is 2.53. The summed E-state index contributed by atoms with van der Waals surface area (Å²) < 4.78 is 5.92. The molecule has 1 aromatic heterocycles. The molecule has 1 unspecified atom stereocenters. The number of piperidine rings is 1. The Hall–Kier alpha value is -3.20. The SMILES string of the molecule is Cc1cc(-c2cncc(NC(=O)N[C@H]3CCCN(C)C3)n2)ccc1OCC1CNC(=O)C1. The number of nitrogens with zero attached hydrogens (tertiary/aromatic N) is 3. The van der Waals surface area contributed by atoms with E-state index in [4.69, 9.17) is 4.74 Å². The van der Waals surface area contributed by atoms with E-state index in [2.05, 4.69) is 37.9 Å². The smallest absolute Gasteiger partial charge is 0.320 e. The van der Waals surface area contributed by atoms with Gasteiger partial charge in [0.2, 0.25) is 5.91 Å². The number of hydrogen-bond donors (Lipinski definition) is 3. The molecule has 3 heterocycles. The molecule has 2 atom stereocenters. The van der Waals surface area contributed by atoms with Crippen molar-refractivity contribution in [1.82, 2.24) is 25.5 Å². The highest BCUT2D eigenvalue weighted by Gasteiger charge is 2.22. The highest BCUT2D eigenvalue weighted by Crippen LogP contribution is 2.26. The number of carbonyl (C=O) groups excluding carboxylic acids is 2. The normalized spacial score (nSPS) is 21.1. The standard InChI is InChI=1S/C23H30N6O3/c1-15-8-17(5-6-20(15)32-14-16-9-22(30)25-10-16)19-11-24-12-21(27-19)28-23(31)26-18-4-3-7-29(2)13-18/h5-6,8,11-12,16,18H,3-4,7,9-10,13-14H2,1-2H3,(H,25,30)(H2,26,27,28,31)/t16?,18-/m0/s1. The quantitative estimate of drug-likeness (QED) is 0.638. The highest BCUT2D eigenvalue weighted by molar-refractivity contribution is 5.88. The van der Waals surface area contributed by atoms with Crippen LogP contribution in [-0.2, 0) is 4.79 Å². The van der Waals surface area contributed by atoms with E-state index >= 15 is 0 Å². The van der Waals surface area contributed by atoms with Gasteiger partial charge in [0.15, 0.2) is 5.82 Å². The van der Waals surface area contributed by atoms with Crippen LogP contribution in [0.3, 0.4) is 0 Å². The van der Waals surface area contributed by atoms with Gasteiger partial charge in [0.1, 0.15) is 5.75 Å². The van der Waals surface area contributed by atoms with Crippen LogP contribution in [0, 0.1) is 12.8 Å². The van der Waals surface area contributed by atoms with Crippen LogP contribution in [0.5, 0.6) is 5.75 Å². The molecule has 2 saturated heterocycles. The average molecular weight is 439 g/mol. The third kappa shape index (κ3) is 5.73. The van der Waals surface area contributed by atoms with Gasteiger partial charge in [0.25, 0.3) is 0 Å². The van der Waals surface area contributed by atoms with Gasteiger partial charge < -0.3 is 20.3 Å². The highest BCUT2D eigenvalue weighted by atomic mass is 16.5. The van der Waals surface area contributed by atoms with Gasteiger partial charge in [-0.3, -0.25) is 15.1 Å². The van der Waals surface area contributed by atoms with Crippen molar-refractivity contribution in [1.29, 1.82) is 0 Å². The molecular formula is C23H30N6O3. The molecule has 3 N–H and O–H groups in total. The second-order valence-corrected chi connectivity index (χ2v) is 8.65. The number of urea groups is 1. The van der Waals surface area contributed by atoms with Gasteiger partial charge in [-0.05, 0) is 57.1 Å². The lowest BCUT2D eigenvalue weighted by molar-refractivity contribution is -0.119. The zero-order chi connectivity index (χ0) is 22.5. The van der Waals surface area contributed by atoms with Gasteiger partial charge in [-0.25, -0.2) is 9.78 Å². The van der Waals surface area contributed by atoms with Gasteiger partial charge in [-0.2, -0.15) is 0 Å². The number of likely N-dealkylation sites (N-methyl/N-ethyl adjacent to an activating group) is 1. The molecule has 4 rings (SSSR count). The largest absolute Gasteiger partial charge is 0.493 e. The Kier molecular flexibility index (Phi) is 6.84. The molecule has 9 heteroatoms. The van der Waals surface area contributed by atoms with Gasteiger partial charge in [0.05, 0.1) is 24.7 Å². The van der Waals surface area contributed by atoms with Gasteiger partial charge >= 0.3 is 6.03 Å². The molecule has 0 aliphatic carbocycles. The second kappa shape index (κ2) is 9.95. The summed E-state index contributed by atoms with van der Waals surface area (Å²) in [5.74, 6) is 1.47. The van der Waals surface area contributed by atoms with Crippen molar-refractivity contribution in [2.75, 3.05) is 38.6 Å². The zero-order valence-corrected chi connectivity index (χ0v) is 18.6. The summed E-state index contributed by atoms with van der Waals surface area (Å²) in [5, 5.41) is 8.63. The van der Waals surface area contributed by atoms with Gasteiger partial charge in [-0.1, -0.05) is 0 Å². The molecule has 2 aliphatic rings. The Labute approximate surface area is 188 Å². The molecule has 2 fully saturated rings. The third-order valence-corrected chi connectivity index (χ3v) is 5.84. The molecule has 0 saturated carbocycles. The number of hydrogen-bond acceptors (Lipinski definition) is 6. The number of likely N-dealkylation sites (tertiary alicyclic amines) is 1. The van der Waals surface area contributed by atoms with E-state index in [-0.39, 0.29) is 23.9 Å². The molecule has 9 nitrogen and oxygen atoms in total. The van der Waals surface area contributed by atoms with Crippen LogP contribution in [0.15, 0.2) is 30.6 Å². The Balaban J connectivity index is 1.36. The lowest BCUT2D eigenvalue weighted by Crippen LogP contribution is -2.47. The lowest BCUT2D eigenvalue weighted by Gasteiger charge is -2.30. The van der Waals surface area contributed by atoms with Crippen LogP contribution in [-0.4, -0.2) is 66.1 Å². The number of amides is 3. The fraction of sp³-hybridized carbons (Fsp3) is 0.478. The molecule has 0 spiro atoms. The van der Waals surface area contributed by atoms with Crippen LogP contribution >= 0.6 is 0 Å². The van der Waals surface area contributed by atoms with E-state index in [1.165, 1.54) is 6.20 Å². The number of nitrogens with one attached hydrogen (secondary N) is 3. The van der Waals surface area contributed by atoms with E-state index in [0.717, 1.165) is 42.8 Å². The summed E-state index contributed by atoms with van der Waals surface area (Å²) in [6, 6.07) is 5.68. The molecule has 0 radical (unpaired) electrons. The summed E-state index contributed by atoms with van der Waals surface area (Å²) >= 11 is 0. The Morgan fingerprint density at radius 1 is 1.34 bits per heavy atom. The van der Waals surface area contributed by atoms with Crippen molar-refractivity contribution in [2.45, 2.75) is 32.2 Å². The van der Waals surface area contributed by atoms with E-state index < -0.39 is 0 Å². The van der Waals surface area contributed by atoms with Crippen LogP contribution < -0.4 is 20.7 Å². The van der Waals surface area contributed by atoms with Gasteiger partial charge in [0, 0.05) is 37.0 Å². The van der Waals surface area contributed by atoms with E-state index in [0.29, 0.717) is 31.1 Å². The van der Waals surface area contributed by atoms with Crippen molar-refractivity contribution < 1.29 is 14.3 Å². The summed E-state index contributed by atoms with van der Waals surface area (Å²) in [4.78, 5) is 34.7. The number of ether oxygens (including phenoxy) is 1. The zero-order valence-electron chi connectivity index (χ0n) is 18.6. The minimum absolute atomic E-state index is 0.0810. The Morgan fingerprint density at radius 3 is 2.97 bits per heavy atom. The van der Waals surface area contributed by atoms with Crippen LogP contribution in [0.25, 0.3) is 11.3 Å². The van der Waals surface area contributed by atoms with Crippen LogP contribution in [0.4, 0.5) is 10.6 Å². The van der Waals surface area contributed by atoms with Gasteiger partial charge in [-0.15, -0.1) is 0 Å². The topological polar surface area (TPSA) is 108 Å². The maximum Gasteiger partial charge on any atom is 0.320 e. The molecular weight excluding hydrogens is 408 g/mol. The first kappa shape index (κ1) is 22.0. The molecule has 170 valence electrons. The summed E-state index contributed by atoms with van der Waals surface area (Å²) in [7, 11) is 2.06. The van der Waals surface area contributed by atoms with Crippen LogP contribution in [0.1, 0.15) is 24.8 Å². The number of aromatic nitrogens is 2. The van der Waals surface area contributed by atoms with Crippen molar-refractivity contribution in [3.8, 4) is 17.0 Å². The van der Waals surface area contributed by atoms with E-state index in [1.807, 2.05) is 25.1 Å². The predicted molar refractivity (Wildman–Crippen MR) is 121 cm³/mol. The third-order valence-electron chi connectivity index (χ3n) is 5.84. The van der Waals surface area contributed by atoms with E-state index in [9.17, 15) is 9.59 Å². The van der Waals surface area contributed by atoms with Crippen molar-refractivity contribution in [3.63, 3.8) is 0 Å². The van der Waals surface area contributed by atoms with Crippen molar-refractivity contribution in [2.24, 2.45) is 5.92 Å². The fourth-order valence-electron chi connectivity index (χ4n) is 4.15. The van der Waals surface area contributed by atoms with Crippen LogP contribution in [0.2, 0.25) is 0 Å². The molecule has 0 bridgehead atoms. The monoisotopic (exact) mass is 438 g/mol. The number of anilines is 1. The first-order valence-electron chi connectivity index (χ1n) is 11.0. The molecule has 2 aromatic rings. The Morgan fingerprint density at radius 2 is 2.22 bits per heavy atom. The number of benzene rings is 1. The number of rotatable bonds is 6. The first-order valence-corrected chi connectivity index (χ1v) is 11.0.